The second-order valence-electron chi connectivity index (χ2n) is 5.40. The van der Waals surface area contributed by atoms with Crippen molar-refractivity contribution in [2.45, 2.75) is 19.1 Å². The number of hydrogen-bond donors (Lipinski definition) is 1. The van der Waals surface area contributed by atoms with Crippen LogP contribution in [0.15, 0.2) is 48.5 Å². The molecular weight excluding hydrogens is 319 g/mol. The molecule has 1 saturated heterocycles. The van der Waals surface area contributed by atoms with Crippen LogP contribution >= 0.6 is 23.2 Å². The van der Waals surface area contributed by atoms with Crippen LogP contribution in [0, 0.1) is 0 Å². The van der Waals surface area contributed by atoms with Crippen molar-refractivity contribution in [2.24, 2.45) is 0 Å². The molecule has 0 spiro atoms. The topological polar surface area (TPSA) is 32.3 Å². The molecule has 1 fully saturated rings. The van der Waals surface area contributed by atoms with Crippen LogP contribution in [0.3, 0.4) is 0 Å². The third-order valence-corrected chi connectivity index (χ3v) is 4.73. The summed E-state index contributed by atoms with van der Waals surface area (Å²) in [5, 5.41) is 4.01. The average molecular weight is 335 g/mol. The van der Waals surface area contributed by atoms with E-state index in [1.54, 1.807) is 6.07 Å². The third kappa shape index (κ3) is 2.98. The fraction of sp³-hybridized carbons (Fsp3) is 0.235. The van der Waals surface area contributed by atoms with E-state index in [2.05, 4.69) is 29.3 Å². The molecule has 0 aromatic heterocycles. The maximum Gasteiger partial charge on any atom is 0.235 e. The average Bonchev–Trinajstić information content (AvgIpc) is 2.92. The minimum absolute atomic E-state index is 0.0128. The van der Waals surface area contributed by atoms with Crippen molar-refractivity contribution in [2.75, 3.05) is 6.54 Å². The summed E-state index contributed by atoms with van der Waals surface area (Å²) < 4.78 is 0. The van der Waals surface area contributed by atoms with Gasteiger partial charge in [0.2, 0.25) is 5.91 Å². The molecule has 1 amide bonds. The van der Waals surface area contributed by atoms with E-state index >= 15 is 0 Å². The van der Waals surface area contributed by atoms with Crippen molar-refractivity contribution in [3.05, 3.63) is 69.7 Å². The maximum atomic E-state index is 11.9. The van der Waals surface area contributed by atoms with Gasteiger partial charge >= 0.3 is 0 Å². The van der Waals surface area contributed by atoms with E-state index in [1.165, 1.54) is 5.56 Å². The fourth-order valence-corrected chi connectivity index (χ4v) is 3.09. The minimum Gasteiger partial charge on any atom is -0.335 e. The van der Waals surface area contributed by atoms with Gasteiger partial charge in [-0.3, -0.25) is 9.69 Å². The number of halogens is 2. The van der Waals surface area contributed by atoms with Gasteiger partial charge < -0.3 is 5.32 Å². The smallest absolute Gasteiger partial charge is 0.235 e. The standard InChI is InChI=1S/C17H16Cl2N2O/c1-11(12-5-3-2-4-6-12)21-10-16(22)20-17(21)13-7-8-14(18)15(19)9-13/h2-9,11,17H,10H2,1H3,(H,20,22)/t11-,17?/m1/s1. The van der Waals surface area contributed by atoms with Gasteiger partial charge in [-0.05, 0) is 30.2 Å². The van der Waals surface area contributed by atoms with Crippen LogP contribution in [0.25, 0.3) is 0 Å². The highest BCUT2D eigenvalue weighted by atomic mass is 35.5. The maximum absolute atomic E-state index is 11.9. The van der Waals surface area contributed by atoms with Gasteiger partial charge in [-0.15, -0.1) is 0 Å². The molecule has 22 heavy (non-hydrogen) atoms. The Bertz CT molecular complexity index is 690. The Morgan fingerprint density at radius 2 is 1.86 bits per heavy atom. The van der Waals surface area contributed by atoms with Gasteiger partial charge in [-0.1, -0.05) is 59.6 Å². The lowest BCUT2D eigenvalue weighted by Gasteiger charge is -2.30. The van der Waals surface area contributed by atoms with Crippen LogP contribution in [0.2, 0.25) is 10.0 Å². The normalized spacial score (nSPS) is 20.0. The molecule has 1 aliphatic rings. The van der Waals surface area contributed by atoms with Crippen LogP contribution < -0.4 is 5.32 Å². The Hall–Kier alpha value is -1.55. The zero-order chi connectivity index (χ0) is 15.7. The highest BCUT2D eigenvalue weighted by Crippen LogP contribution is 2.34. The predicted octanol–water partition coefficient (Wildman–Crippen LogP) is 4.19. The SMILES string of the molecule is C[C@H](c1ccccc1)N1CC(=O)NC1c1ccc(Cl)c(Cl)c1. The highest BCUT2D eigenvalue weighted by Gasteiger charge is 2.34. The first-order valence-electron chi connectivity index (χ1n) is 7.11. The molecule has 2 atom stereocenters. The molecule has 1 heterocycles. The lowest BCUT2D eigenvalue weighted by atomic mass is 10.1. The summed E-state index contributed by atoms with van der Waals surface area (Å²) in [6.45, 7) is 2.46. The molecule has 114 valence electrons. The van der Waals surface area contributed by atoms with Crippen LogP contribution in [0.5, 0.6) is 0 Å². The number of nitrogens with one attached hydrogen (secondary N) is 1. The zero-order valence-electron chi connectivity index (χ0n) is 12.1. The Balaban J connectivity index is 1.92. The van der Waals surface area contributed by atoms with Crippen molar-refractivity contribution in [3.8, 4) is 0 Å². The molecule has 2 aromatic rings. The first kappa shape index (κ1) is 15.3. The number of amides is 1. The summed E-state index contributed by atoms with van der Waals surface area (Å²) in [4.78, 5) is 14.0. The fourth-order valence-electron chi connectivity index (χ4n) is 2.78. The Morgan fingerprint density at radius 1 is 1.14 bits per heavy atom. The van der Waals surface area contributed by atoms with Gasteiger partial charge in [0.15, 0.2) is 0 Å². The Morgan fingerprint density at radius 3 is 2.55 bits per heavy atom. The Labute approximate surface area is 139 Å². The van der Waals surface area contributed by atoms with E-state index in [0.29, 0.717) is 16.6 Å². The molecule has 1 N–H and O–H groups in total. The number of carbonyl (C=O) groups excluding carboxylic acids is 1. The van der Waals surface area contributed by atoms with Crippen LogP contribution in [0.4, 0.5) is 0 Å². The van der Waals surface area contributed by atoms with Crippen molar-refractivity contribution < 1.29 is 4.79 Å². The van der Waals surface area contributed by atoms with E-state index < -0.39 is 0 Å². The lowest BCUT2D eigenvalue weighted by Crippen LogP contribution is -2.30. The summed E-state index contributed by atoms with van der Waals surface area (Å²) in [6.07, 6.45) is -0.197. The molecule has 0 aliphatic carbocycles. The molecular formula is C17H16Cl2N2O. The largest absolute Gasteiger partial charge is 0.335 e. The Kier molecular flexibility index (Phi) is 4.39. The second kappa shape index (κ2) is 6.29. The molecule has 0 bridgehead atoms. The molecule has 0 radical (unpaired) electrons. The second-order valence-corrected chi connectivity index (χ2v) is 6.22. The zero-order valence-corrected chi connectivity index (χ0v) is 13.6. The number of hydrogen-bond acceptors (Lipinski definition) is 2. The molecule has 3 rings (SSSR count). The first-order chi connectivity index (χ1) is 10.6. The summed E-state index contributed by atoms with van der Waals surface area (Å²) in [6, 6.07) is 15.7. The predicted molar refractivity (Wildman–Crippen MR) is 88.9 cm³/mol. The van der Waals surface area contributed by atoms with Crippen molar-refractivity contribution in [3.63, 3.8) is 0 Å². The molecule has 3 nitrogen and oxygen atoms in total. The lowest BCUT2D eigenvalue weighted by molar-refractivity contribution is -0.118. The summed E-state index contributed by atoms with van der Waals surface area (Å²) in [5.74, 6) is 0.0128. The first-order valence-corrected chi connectivity index (χ1v) is 7.87. The number of nitrogens with zero attached hydrogens (tertiary/aromatic N) is 1. The van der Waals surface area contributed by atoms with Gasteiger partial charge in [0, 0.05) is 6.04 Å². The van der Waals surface area contributed by atoms with Crippen LogP contribution in [-0.2, 0) is 4.79 Å². The van der Waals surface area contributed by atoms with Gasteiger partial charge in [0.1, 0.15) is 6.17 Å². The summed E-state index contributed by atoms with van der Waals surface area (Å²) in [7, 11) is 0. The van der Waals surface area contributed by atoms with Gasteiger partial charge in [-0.2, -0.15) is 0 Å². The van der Waals surface area contributed by atoms with E-state index in [0.717, 1.165) is 5.56 Å². The molecule has 2 aromatic carbocycles. The number of benzene rings is 2. The van der Waals surface area contributed by atoms with Gasteiger partial charge in [0.25, 0.3) is 0 Å². The van der Waals surface area contributed by atoms with E-state index in [-0.39, 0.29) is 18.1 Å². The number of rotatable bonds is 3. The monoisotopic (exact) mass is 334 g/mol. The van der Waals surface area contributed by atoms with E-state index in [4.69, 9.17) is 23.2 Å². The van der Waals surface area contributed by atoms with Crippen LogP contribution in [0.1, 0.15) is 30.3 Å². The van der Waals surface area contributed by atoms with Crippen LogP contribution in [-0.4, -0.2) is 17.4 Å². The number of carbonyl (C=O) groups is 1. The third-order valence-electron chi connectivity index (χ3n) is 3.99. The highest BCUT2D eigenvalue weighted by molar-refractivity contribution is 6.42. The van der Waals surface area contributed by atoms with E-state index in [9.17, 15) is 4.79 Å². The summed E-state index contributed by atoms with van der Waals surface area (Å²) in [5.41, 5.74) is 2.10. The minimum atomic E-state index is -0.197. The van der Waals surface area contributed by atoms with E-state index in [1.807, 2.05) is 30.3 Å². The van der Waals surface area contributed by atoms with Crippen molar-refractivity contribution in [1.82, 2.24) is 10.2 Å². The molecule has 0 saturated carbocycles. The quantitative estimate of drug-likeness (QED) is 0.912. The van der Waals surface area contributed by atoms with Gasteiger partial charge in [0.05, 0.1) is 16.6 Å². The molecule has 1 aliphatic heterocycles. The molecule has 1 unspecified atom stereocenters. The van der Waals surface area contributed by atoms with Gasteiger partial charge in [-0.25, -0.2) is 0 Å². The van der Waals surface area contributed by atoms with Crippen molar-refractivity contribution in [1.29, 1.82) is 0 Å². The van der Waals surface area contributed by atoms with Crippen molar-refractivity contribution >= 4 is 29.1 Å². The molecule has 5 heteroatoms. The summed E-state index contributed by atoms with van der Waals surface area (Å²) >= 11 is 12.1.